The number of aliphatic imine (C=N–C) groups is 1. The largest absolute Gasteiger partial charge is 0.242 e. The van der Waals surface area contributed by atoms with Crippen molar-refractivity contribution in [3.63, 3.8) is 0 Å². The molecule has 1 N–H and O–H groups in total. The summed E-state index contributed by atoms with van der Waals surface area (Å²) in [6.45, 7) is 8.87. The fraction of sp³-hybridized carbons (Fsp3) is 0.167. The van der Waals surface area contributed by atoms with E-state index in [1.54, 1.807) is 0 Å². The second-order valence-electron chi connectivity index (χ2n) is 1.93. The van der Waals surface area contributed by atoms with Crippen LogP contribution < -0.4 is 0 Å². The number of hydrogen-bond donors (Lipinski definition) is 1. The summed E-state index contributed by atoms with van der Waals surface area (Å²) in [5.41, 5.74) is 1.51. The normalized spacial score (nSPS) is 9.30. The van der Waals surface area contributed by atoms with Crippen LogP contribution in [0.4, 0.5) is 5.82 Å². The molecule has 0 spiro atoms. The Labute approximate surface area is 58.7 Å². The summed E-state index contributed by atoms with van der Waals surface area (Å²) >= 11 is 0. The zero-order valence-corrected chi connectivity index (χ0v) is 5.76. The van der Waals surface area contributed by atoms with Gasteiger partial charge >= 0.3 is 0 Å². The molecule has 0 atom stereocenters. The van der Waals surface area contributed by atoms with Crippen LogP contribution in [0.15, 0.2) is 11.6 Å². The van der Waals surface area contributed by atoms with E-state index in [9.17, 15) is 0 Å². The van der Waals surface area contributed by atoms with Gasteiger partial charge in [0.15, 0.2) is 0 Å². The molecule has 0 fully saturated rings. The Bertz CT molecular complexity index is 260. The van der Waals surface area contributed by atoms with Crippen molar-refractivity contribution in [2.75, 3.05) is 0 Å². The zero-order valence-electron chi connectivity index (χ0n) is 5.76. The molecule has 4 heteroatoms. The fourth-order valence-electron chi connectivity index (χ4n) is 0.622. The van der Waals surface area contributed by atoms with Crippen LogP contribution in [-0.4, -0.2) is 22.1 Å². The minimum absolute atomic E-state index is 0.507. The molecule has 0 aromatic carbocycles. The summed E-state index contributed by atoms with van der Waals surface area (Å²) in [6, 6.07) is 0. The maximum absolute atomic E-state index is 3.82. The molecular weight excluding hydrogens is 128 g/mol. The number of rotatable bonds is 2. The highest BCUT2D eigenvalue weighted by molar-refractivity contribution is 5.66. The highest BCUT2D eigenvalue weighted by atomic mass is 15.4. The molecule has 0 amide bonds. The van der Waals surface area contributed by atoms with Crippen molar-refractivity contribution >= 4 is 18.1 Å². The van der Waals surface area contributed by atoms with Gasteiger partial charge in [-0.15, -0.1) is 5.10 Å². The predicted octanol–water partition coefficient (Wildman–Crippen LogP) is 1.17. The molecule has 0 aliphatic carbocycles. The van der Waals surface area contributed by atoms with E-state index >= 15 is 0 Å². The maximum atomic E-state index is 3.82. The second kappa shape index (κ2) is 2.43. The van der Waals surface area contributed by atoms with Crippen LogP contribution in [0.1, 0.15) is 12.6 Å². The first kappa shape index (κ1) is 6.67. The molecule has 0 radical (unpaired) electrons. The molecule has 0 aliphatic heterocycles. The van der Waals surface area contributed by atoms with Gasteiger partial charge in [-0.2, -0.15) is 10.3 Å². The number of allylic oxidation sites excluding steroid dienone is 1. The third kappa shape index (κ3) is 0.953. The fourth-order valence-corrected chi connectivity index (χ4v) is 0.622. The van der Waals surface area contributed by atoms with Crippen LogP contribution >= 0.6 is 0 Å². The van der Waals surface area contributed by atoms with Crippen LogP contribution in [0.5, 0.6) is 0 Å². The van der Waals surface area contributed by atoms with Crippen LogP contribution in [0.2, 0.25) is 0 Å². The molecular formula is C6H8N4. The van der Waals surface area contributed by atoms with Gasteiger partial charge < -0.3 is 0 Å². The van der Waals surface area contributed by atoms with Crippen molar-refractivity contribution in [2.45, 2.75) is 6.92 Å². The van der Waals surface area contributed by atoms with Gasteiger partial charge in [0, 0.05) is 0 Å². The van der Waals surface area contributed by atoms with Gasteiger partial charge in [0.25, 0.3) is 0 Å². The Morgan fingerprint density at radius 3 is 2.70 bits per heavy atom. The molecule has 1 rings (SSSR count). The summed E-state index contributed by atoms with van der Waals surface area (Å²) in [7, 11) is 0. The van der Waals surface area contributed by atoms with Crippen molar-refractivity contribution in [3.8, 4) is 0 Å². The topological polar surface area (TPSA) is 53.9 Å². The molecule has 0 aliphatic rings. The van der Waals surface area contributed by atoms with Crippen molar-refractivity contribution in [2.24, 2.45) is 4.99 Å². The smallest absolute Gasteiger partial charge is 0.201 e. The molecule has 1 heterocycles. The molecule has 10 heavy (non-hydrogen) atoms. The van der Waals surface area contributed by atoms with E-state index in [1.165, 1.54) is 0 Å². The number of aromatic amines is 1. The number of nitrogens with one attached hydrogen (secondary N) is 1. The van der Waals surface area contributed by atoms with Crippen molar-refractivity contribution in [1.82, 2.24) is 15.4 Å². The van der Waals surface area contributed by atoms with Gasteiger partial charge in [-0.25, -0.2) is 4.99 Å². The molecule has 1 aromatic rings. The summed E-state index contributed by atoms with van der Waals surface area (Å²) in [4.78, 5) is 3.64. The SMILES string of the molecule is C=Nc1n[nH]nc1C(=C)C. The lowest BCUT2D eigenvalue weighted by Crippen LogP contribution is -1.76. The van der Waals surface area contributed by atoms with E-state index in [4.69, 9.17) is 0 Å². The minimum Gasteiger partial charge on any atom is -0.242 e. The lowest BCUT2D eigenvalue weighted by atomic mass is 10.2. The van der Waals surface area contributed by atoms with Gasteiger partial charge in [-0.3, -0.25) is 0 Å². The molecule has 0 unspecified atom stereocenters. The highest BCUT2D eigenvalue weighted by Crippen LogP contribution is 2.17. The van der Waals surface area contributed by atoms with Crippen LogP contribution in [-0.2, 0) is 0 Å². The summed E-state index contributed by atoms with van der Waals surface area (Å²) in [5.74, 6) is 0.507. The first-order valence-corrected chi connectivity index (χ1v) is 2.79. The average molecular weight is 136 g/mol. The lowest BCUT2D eigenvalue weighted by Gasteiger charge is -1.89. The van der Waals surface area contributed by atoms with E-state index in [-0.39, 0.29) is 0 Å². The number of hydrogen-bond acceptors (Lipinski definition) is 3. The van der Waals surface area contributed by atoms with Crippen LogP contribution in [0, 0.1) is 0 Å². The van der Waals surface area contributed by atoms with Gasteiger partial charge in [-0.1, -0.05) is 6.58 Å². The summed E-state index contributed by atoms with van der Waals surface area (Å²) in [6.07, 6.45) is 0. The Kier molecular flexibility index (Phi) is 1.62. The van der Waals surface area contributed by atoms with Gasteiger partial charge in [0.05, 0.1) is 0 Å². The first-order chi connectivity index (χ1) is 4.75. The Hall–Kier alpha value is -1.45. The minimum atomic E-state index is 0.507. The van der Waals surface area contributed by atoms with Crippen molar-refractivity contribution < 1.29 is 0 Å². The number of H-pyrrole nitrogens is 1. The van der Waals surface area contributed by atoms with E-state index in [0.29, 0.717) is 11.5 Å². The molecule has 0 saturated carbocycles. The van der Waals surface area contributed by atoms with E-state index < -0.39 is 0 Å². The Morgan fingerprint density at radius 1 is 1.60 bits per heavy atom. The van der Waals surface area contributed by atoms with Gasteiger partial charge in [-0.05, 0) is 19.2 Å². The molecule has 52 valence electrons. The average Bonchev–Trinajstić information content (AvgIpc) is 2.33. The summed E-state index contributed by atoms with van der Waals surface area (Å²) < 4.78 is 0. The van der Waals surface area contributed by atoms with Gasteiger partial charge in [0.1, 0.15) is 5.69 Å². The van der Waals surface area contributed by atoms with Crippen molar-refractivity contribution in [1.29, 1.82) is 0 Å². The summed E-state index contributed by atoms with van der Waals surface area (Å²) in [5, 5.41) is 9.98. The maximum Gasteiger partial charge on any atom is 0.201 e. The zero-order chi connectivity index (χ0) is 7.56. The second-order valence-corrected chi connectivity index (χ2v) is 1.93. The Morgan fingerprint density at radius 2 is 2.30 bits per heavy atom. The van der Waals surface area contributed by atoms with E-state index in [1.807, 2.05) is 6.92 Å². The number of nitrogens with zero attached hydrogens (tertiary/aromatic N) is 3. The monoisotopic (exact) mass is 136 g/mol. The molecule has 1 aromatic heterocycles. The predicted molar refractivity (Wildman–Crippen MR) is 40.3 cm³/mol. The van der Waals surface area contributed by atoms with Gasteiger partial charge in [0.2, 0.25) is 5.82 Å². The van der Waals surface area contributed by atoms with E-state index in [2.05, 4.69) is 33.7 Å². The Balaban J connectivity index is 3.13. The number of aromatic nitrogens is 3. The molecule has 0 saturated heterocycles. The quantitative estimate of drug-likeness (QED) is 0.620. The van der Waals surface area contributed by atoms with Crippen molar-refractivity contribution in [3.05, 3.63) is 12.3 Å². The third-order valence-electron chi connectivity index (χ3n) is 1.08. The molecule has 4 nitrogen and oxygen atoms in total. The highest BCUT2D eigenvalue weighted by Gasteiger charge is 2.04. The lowest BCUT2D eigenvalue weighted by molar-refractivity contribution is 0.935. The van der Waals surface area contributed by atoms with Crippen LogP contribution in [0.25, 0.3) is 5.57 Å². The van der Waals surface area contributed by atoms with E-state index in [0.717, 1.165) is 5.57 Å². The molecule has 0 bridgehead atoms. The first-order valence-electron chi connectivity index (χ1n) is 2.79. The third-order valence-corrected chi connectivity index (χ3v) is 1.08. The van der Waals surface area contributed by atoms with Crippen LogP contribution in [0.3, 0.4) is 0 Å². The standard InChI is InChI=1S/C6H8N4/c1-4(2)5-6(7-3)9-10-8-5/h1,3H2,2H3,(H,8,9,10).